The molecule has 1 saturated heterocycles. The first-order valence-electron chi connectivity index (χ1n) is 8.76. The van der Waals surface area contributed by atoms with Crippen LogP contribution in [0.15, 0.2) is 30.3 Å². The van der Waals surface area contributed by atoms with Crippen molar-refractivity contribution in [3.05, 3.63) is 35.9 Å². The molecule has 1 aliphatic rings. The number of hydrogen-bond donors (Lipinski definition) is 2. The van der Waals surface area contributed by atoms with Gasteiger partial charge in [0, 0.05) is 19.5 Å². The summed E-state index contributed by atoms with van der Waals surface area (Å²) in [4.78, 5) is 38.1. The van der Waals surface area contributed by atoms with Crippen molar-refractivity contribution < 1.29 is 19.5 Å². The van der Waals surface area contributed by atoms with Crippen molar-refractivity contribution in [1.29, 1.82) is 0 Å². The Morgan fingerprint density at radius 2 is 1.92 bits per heavy atom. The Balaban J connectivity index is 2.10. The summed E-state index contributed by atoms with van der Waals surface area (Å²) in [6, 6.07) is 8.36. The molecule has 1 fully saturated rings. The van der Waals surface area contributed by atoms with Crippen LogP contribution in [-0.4, -0.2) is 46.9 Å². The lowest BCUT2D eigenvalue weighted by Crippen LogP contribution is -2.54. The standard InChI is InChI=1S/C19H26N2O4/c1-3-16(22)21-12-8-7-11-15(21)17(23)20-13-19(2,18(24)25)14-9-5-4-6-10-14/h4-6,9-10,15H,3,7-8,11-13H2,1-2H3,(H,20,23)(H,24,25). The van der Waals surface area contributed by atoms with Gasteiger partial charge in [-0.15, -0.1) is 0 Å². The maximum atomic E-state index is 12.6. The number of hydrogen-bond acceptors (Lipinski definition) is 3. The molecule has 2 rings (SSSR count). The van der Waals surface area contributed by atoms with Gasteiger partial charge in [-0.3, -0.25) is 14.4 Å². The molecule has 1 aromatic rings. The lowest BCUT2D eigenvalue weighted by Gasteiger charge is -2.35. The Labute approximate surface area is 148 Å². The van der Waals surface area contributed by atoms with Gasteiger partial charge in [0.2, 0.25) is 11.8 Å². The number of nitrogens with one attached hydrogen (secondary N) is 1. The Kier molecular flexibility index (Phi) is 6.17. The molecule has 6 heteroatoms. The predicted molar refractivity (Wildman–Crippen MR) is 94.1 cm³/mol. The zero-order chi connectivity index (χ0) is 18.4. The van der Waals surface area contributed by atoms with Crippen LogP contribution in [-0.2, 0) is 19.8 Å². The summed E-state index contributed by atoms with van der Waals surface area (Å²) in [6.45, 7) is 3.94. The first-order chi connectivity index (χ1) is 11.9. The first kappa shape index (κ1) is 19.0. The summed E-state index contributed by atoms with van der Waals surface area (Å²) >= 11 is 0. The van der Waals surface area contributed by atoms with Crippen LogP contribution in [0.25, 0.3) is 0 Å². The number of piperidine rings is 1. The zero-order valence-electron chi connectivity index (χ0n) is 14.8. The maximum absolute atomic E-state index is 12.6. The van der Waals surface area contributed by atoms with Gasteiger partial charge in [-0.05, 0) is 31.7 Å². The van der Waals surface area contributed by atoms with Crippen molar-refractivity contribution in [2.24, 2.45) is 0 Å². The molecule has 0 aliphatic carbocycles. The highest BCUT2D eigenvalue weighted by Gasteiger charge is 2.37. The molecule has 1 heterocycles. The first-order valence-corrected chi connectivity index (χ1v) is 8.76. The molecule has 2 unspecified atom stereocenters. The number of aliphatic carboxylic acids is 1. The van der Waals surface area contributed by atoms with Gasteiger partial charge in [-0.1, -0.05) is 37.3 Å². The average molecular weight is 346 g/mol. The summed E-state index contributed by atoms with van der Waals surface area (Å²) < 4.78 is 0. The van der Waals surface area contributed by atoms with Crippen molar-refractivity contribution in [2.45, 2.75) is 51.0 Å². The van der Waals surface area contributed by atoms with Crippen molar-refractivity contribution in [2.75, 3.05) is 13.1 Å². The van der Waals surface area contributed by atoms with E-state index < -0.39 is 17.4 Å². The Bertz CT molecular complexity index is 632. The van der Waals surface area contributed by atoms with Crippen LogP contribution < -0.4 is 5.32 Å². The van der Waals surface area contributed by atoms with E-state index in [9.17, 15) is 19.5 Å². The molecule has 2 atom stereocenters. The normalized spacial score (nSPS) is 19.8. The highest BCUT2D eigenvalue weighted by Crippen LogP contribution is 2.24. The molecule has 1 aliphatic heterocycles. The summed E-state index contributed by atoms with van der Waals surface area (Å²) in [5, 5.41) is 12.4. The molecule has 0 saturated carbocycles. The lowest BCUT2D eigenvalue weighted by molar-refractivity contribution is -0.145. The molecular weight excluding hydrogens is 320 g/mol. The fourth-order valence-corrected chi connectivity index (χ4v) is 3.19. The number of carbonyl (C=O) groups is 3. The van der Waals surface area contributed by atoms with E-state index in [0.29, 0.717) is 24.9 Å². The summed E-state index contributed by atoms with van der Waals surface area (Å²) in [5.74, 6) is -1.31. The smallest absolute Gasteiger partial charge is 0.315 e. The predicted octanol–water partition coefficient (Wildman–Crippen LogP) is 1.94. The van der Waals surface area contributed by atoms with Gasteiger partial charge in [-0.25, -0.2) is 0 Å². The monoisotopic (exact) mass is 346 g/mol. The van der Waals surface area contributed by atoms with Crippen LogP contribution >= 0.6 is 0 Å². The summed E-state index contributed by atoms with van der Waals surface area (Å²) in [5.41, 5.74) is -0.585. The topological polar surface area (TPSA) is 86.7 Å². The maximum Gasteiger partial charge on any atom is 0.315 e. The van der Waals surface area contributed by atoms with E-state index in [4.69, 9.17) is 0 Å². The van der Waals surface area contributed by atoms with Crippen molar-refractivity contribution >= 4 is 17.8 Å². The summed E-state index contributed by atoms with van der Waals surface area (Å²) in [7, 11) is 0. The molecular formula is C19H26N2O4. The van der Waals surface area contributed by atoms with Crippen LogP contribution in [0.4, 0.5) is 0 Å². The lowest BCUT2D eigenvalue weighted by atomic mass is 9.82. The van der Waals surface area contributed by atoms with Crippen LogP contribution in [0.1, 0.15) is 45.1 Å². The quantitative estimate of drug-likeness (QED) is 0.824. The number of carboxylic acids is 1. The van der Waals surface area contributed by atoms with Crippen molar-refractivity contribution in [3.63, 3.8) is 0 Å². The van der Waals surface area contributed by atoms with E-state index in [1.54, 1.807) is 43.0 Å². The van der Waals surface area contributed by atoms with Crippen LogP contribution in [0.5, 0.6) is 0 Å². The highest BCUT2D eigenvalue weighted by molar-refractivity contribution is 5.89. The molecule has 0 bridgehead atoms. The second-order valence-electron chi connectivity index (χ2n) is 6.67. The number of amides is 2. The number of carbonyl (C=O) groups excluding carboxylic acids is 2. The van der Waals surface area contributed by atoms with Gasteiger partial charge < -0.3 is 15.3 Å². The Morgan fingerprint density at radius 1 is 1.24 bits per heavy atom. The second kappa shape index (κ2) is 8.14. The molecule has 0 radical (unpaired) electrons. The number of likely N-dealkylation sites (tertiary alicyclic amines) is 1. The molecule has 6 nitrogen and oxygen atoms in total. The van der Waals surface area contributed by atoms with Crippen LogP contribution in [0, 0.1) is 0 Å². The number of nitrogens with zero attached hydrogens (tertiary/aromatic N) is 1. The van der Waals surface area contributed by atoms with E-state index in [1.807, 2.05) is 6.07 Å². The van der Waals surface area contributed by atoms with Crippen LogP contribution in [0.2, 0.25) is 0 Å². The van der Waals surface area contributed by atoms with Gasteiger partial charge in [0.1, 0.15) is 11.5 Å². The molecule has 2 amide bonds. The highest BCUT2D eigenvalue weighted by atomic mass is 16.4. The van der Waals surface area contributed by atoms with Gasteiger partial charge in [0.25, 0.3) is 0 Å². The van der Waals surface area contributed by atoms with Gasteiger partial charge in [-0.2, -0.15) is 0 Å². The SMILES string of the molecule is CCC(=O)N1CCCCC1C(=O)NCC(C)(C(=O)O)c1ccccc1. The number of rotatable bonds is 6. The zero-order valence-corrected chi connectivity index (χ0v) is 14.8. The molecule has 136 valence electrons. The molecule has 2 N–H and O–H groups in total. The van der Waals surface area contributed by atoms with Crippen molar-refractivity contribution in [1.82, 2.24) is 10.2 Å². The average Bonchev–Trinajstić information content (AvgIpc) is 2.65. The fraction of sp³-hybridized carbons (Fsp3) is 0.526. The van der Waals surface area contributed by atoms with E-state index in [2.05, 4.69) is 5.32 Å². The van der Waals surface area contributed by atoms with Gasteiger partial charge >= 0.3 is 5.97 Å². The third-order valence-electron chi connectivity index (χ3n) is 4.93. The Hall–Kier alpha value is -2.37. The van der Waals surface area contributed by atoms with E-state index in [1.165, 1.54) is 0 Å². The third-order valence-corrected chi connectivity index (χ3v) is 4.93. The van der Waals surface area contributed by atoms with E-state index in [-0.39, 0.29) is 18.4 Å². The van der Waals surface area contributed by atoms with E-state index in [0.717, 1.165) is 12.8 Å². The minimum absolute atomic E-state index is 0.0180. The number of carboxylic acid groups (broad SMARTS) is 1. The molecule has 0 aromatic heterocycles. The molecule has 1 aromatic carbocycles. The summed E-state index contributed by atoms with van der Waals surface area (Å²) in [6.07, 6.45) is 2.76. The van der Waals surface area contributed by atoms with Crippen LogP contribution in [0.3, 0.4) is 0 Å². The second-order valence-corrected chi connectivity index (χ2v) is 6.67. The fourth-order valence-electron chi connectivity index (χ4n) is 3.19. The minimum Gasteiger partial charge on any atom is -0.481 e. The minimum atomic E-state index is -1.22. The largest absolute Gasteiger partial charge is 0.481 e. The molecule has 0 spiro atoms. The third kappa shape index (κ3) is 4.18. The number of benzene rings is 1. The van der Waals surface area contributed by atoms with Gasteiger partial charge in [0.15, 0.2) is 0 Å². The van der Waals surface area contributed by atoms with Gasteiger partial charge in [0.05, 0.1) is 0 Å². The van der Waals surface area contributed by atoms with E-state index >= 15 is 0 Å². The Morgan fingerprint density at radius 3 is 2.52 bits per heavy atom. The molecule has 25 heavy (non-hydrogen) atoms. The van der Waals surface area contributed by atoms with Crippen molar-refractivity contribution in [3.8, 4) is 0 Å².